The van der Waals surface area contributed by atoms with Crippen LogP contribution in [0.2, 0.25) is 0 Å². The lowest BCUT2D eigenvalue weighted by atomic mass is 10.5. The summed E-state index contributed by atoms with van der Waals surface area (Å²) < 4.78 is 0.120. The highest BCUT2D eigenvalue weighted by Gasteiger charge is 2.36. The van der Waals surface area contributed by atoms with E-state index in [-0.39, 0.29) is 8.85 Å². The highest BCUT2D eigenvalue weighted by atomic mass is 32.3. The van der Waals surface area contributed by atoms with E-state index in [2.05, 4.69) is 13.8 Å². The summed E-state index contributed by atoms with van der Waals surface area (Å²) in [5, 5.41) is 8.71. The zero-order valence-electron chi connectivity index (χ0n) is 4.34. The van der Waals surface area contributed by atoms with Crippen LogP contribution in [0, 0.1) is 0 Å². The first kappa shape index (κ1) is 5.79. The molecule has 1 aliphatic rings. The Balaban J connectivity index is 2.29. The highest BCUT2D eigenvalue weighted by molar-refractivity contribution is 8.34. The van der Waals surface area contributed by atoms with Gasteiger partial charge in [-0.2, -0.15) is 0 Å². The van der Waals surface area contributed by atoms with Crippen LogP contribution in [0.15, 0.2) is 0 Å². The normalized spacial score (nSPS) is 29.6. The van der Waals surface area contributed by atoms with Crippen LogP contribution in [0.1, 0.15) is 13.8 Å². The number of hydrogen-bond donors (Lipinski definition) is 1. The van der Waals surface area contributed by atoms with E-state index in [4.69, 9.17) is 5.11 Å². The van der Waals surface area contributed by atoms with Gasteiger partial charge in [0.2, 0.25) is 0 Å². The molecule has 0 saturated carbocycles. The summed E-state index contributed by atoms with van der Waals surface area (Å²) in [5.41, 5.74) is 0. The van der Waals surface area contributed by atoms with Gasteiger partial charge in [-0.3, -0.25) is 0 Å². The van der Waals surface area contributed by atoms with Crippen LogP contribution in [0.25, 0.3) is 0 Å². The highest BCUT2D eigenvalue weighted by Crippen LogP contribution is 2.54. The van der Waals surface area contributed by atoms with Gasteiger partial charge in [0.1, 0.15) is 4.77 Å². The number of rotatable bonds is 0. The maximum Gasteiger partial charge on any atom is 0.149 e. The third kappa shape index (κ3) is 1.27. The molecule has 1 N–H and O–H groups in total. The Morgan fingerprint density at radius 2 is 1.86 bits per heavy atom. The molecule has 1 rings (SSSR count). The Labute approximate surface area is 51.9 Å². The first-order chi connectivity index (χ1) is 3.10. The largest absolute Gasteiger partial charge is 0.373 e. The van der Waals surface area contributed by atoms with Gasteiger partial charge in [0.15, 0.2) is 0 Å². The number of aliphatic hydroxyl groups is 1. The van der Waals surface area contributed by atoms with Crippen LogP contribution in [-0.4, -0.2) is 14.0 Å². The van der Waals surface area contributed by atoms with E-state index in [0.717, 1.165) is 0 Å². The molecular weight excluding hydrogens is 128 g/mol. The molecule has 0 atom stereocenters. The summed E-state index contributed by atoms with van der Waals surface area (Å²) >= 11 is 3.21. The van der Waals surface area contributed by atoms with E-state index in [1.54, 1.807) is 23.5 Å². The van der Waals surface area contributed by atoms with Crippen molar-refractivity contribution >= 4 is 23.5 Å². The SMILES string of the molecule is CC1(C)SC(O)S1. The minimum Gasteiger partial charge on any atom is -0.373 e. The maximum absolute atomic E-state index is 8.71. The minimum atomic E-state index is -0.157. The van der Waals surface area contributed by atoms with Crippen molar-refractivity contribution in [3.05, 3.63) is 0 Å². The molecule has 0 bridgehead atoms. The van der Waals surface area contributed by atoms with Crippen LogP contribution in [0.5, 0.6) is 0 Å². The second-order valence-electron chi connectivity index (χ2n) is 1.94. The van der Waals surface area contributed by atoms with Crippen LogP contribution in [-0.2, 0) is 0 Å². The summed E-state index contributed by atoms with van der Waals surface area (Å²) in [5.74, 6) is 0. The monoisotopic (exact) mass is 136 g/mol. The lowest BCUT2D eigenvalue weighted by Gasteiger charge is -2.37. The number of hydrogen-bond acceptors (Lipinski definition) is 3. The average molecular weight is 136 g/mol. The van der Waals surface area contributed by atoms with Gasteiger partial charge >= 0.3 is 0 Å². The van der Waals surface area contributed by atoms with Gasteiger partial charge in [-0.15, -0.1) is 23.5 Å². The predicted molar refractivity (Wildman–Crippen MR) is 35.3 cm³/mol. The molecule has 1 saturated heterocycles. The second kappa shape index (κ2) is 1.57. The Morgan fingerprint density at radius 1 is 1.43 bits per heavy atom. The number of thioether (sulfide) groups is 2. The molecule has 42 valence electrons. The molecule has 3 heteroatoms. The van der Waals surface area contributed by atoms with E-state index in [1.807, 2.05) is 0 Å². The second-order valence-corrected chi connectivity index (χ2v) is 5.91. The topological polar surface area (TPSA) is 20.2 Å². The maximum atomic E-state index is 8.71. The summed E-state index contributed by atoms with van der Waals surface area (Å²) in [4.78, 5) is 0. The average Bonchev–Trinajstić information content (AvgIpc) is 1.27. The van der Waals surface area contributed by atoms with Gasteiger partial charge in [-0.1, -0.05) is 0 Å². The Hall–Kier alpha value is 0.660. The lowest BCUT2D eigenvalue weighted by molar-refractivity contribution is 0.337. The van der Waals surface area contributed by atoms with Crippen molar-refractivity contribution in [3.8, 4) is 0 Å². The fourth-order valence-electron chi connectivity index (χ4n) is 0.494. The van der Waals surface area contributed by atoms with Gasteiger partial charge in [0.05, 0.1) is 4.08 Å². The van der Waals surface area contributed by atoms with Gasteiger partial charge in [0.25, 0.3) is 0 Å². The van der Waals surface area contributed by atoms with Crippen molar-refractivity contribution in [1.82, 2.24) is 0 Å². The summed E-state index contributed by atoms with van der Waals surface area (Å²) in [6.07, 6.45) is 0. The fourth-order valence-corrected chi connectivity index (χ4v) is 3.18. The fraction of sp³-hybridized carbons (Fsp3) is 1.00. The third-order valence-electron chi connectivity index (χ3n) is 0.769. The van der Waals surface area contributed by atoms with E-state index < -0.39 is 0 Å². The van der Waals surface area contributed by atoms with E-state index in [1.165, 1.54) is 0 Å². The Bertz CT molecular complexity index is 73.8. The lowest BCUT2D eigenvalue weighted by Crippen LogP contribution is -2.26. The van der Waals surface area contributed by atoms with Crippen LogP contribution in [0.3, 0.4) is 0 Å². The zero-order valence-corrected chi connectivity index (χ0v) is 5.97. The zero-order chi connectivity index (χ0) is 5.49. The van der Waals surface area contributed by atoms with E-state index in [0.29, 0.717) is 0 Å². The van der Waals surface area contributed by atoms with Crippen LogP contribution < -0.4 is 0 Å². The van der Waals surface area contributed by atoms with Crippen molar-refractivity contribution in [3.63, 3.8) is 0 Å². The predicted octanol–water partition coefficient (Wildman–Crippen LogP) is 1.48. The molecule has 7 heavy (non-hydrogen) atoms. The Morgan fingerprint density at radius 3 is 1.86 bits per heavy atom. The molecule has 0 radical (unpaired) electrons. The first-order valence-corrected chi connectivity index (χ1v) is 3.90. The molecule has 0 aliphatic carbocycles. The first-order valence-electron chi connectivity index (χ1n) is 2.14. The van der Waals surface area contributed by atoms with Crippen molar-refractivity contribution in [2.24, 2.45) is 0 Å². The van der Waals surface area contributed by atoms with Crippen molar-refractivity contribution in [2.75, 3.05) is 0 Å². The van der Waals surface area contributed by atoms with Gasteiger partial charge in [-0.05, 0) is 13.8 Å². The molecule has 0 spiro atoms. The smallest absolute Gasteiger partial charge is 0.149 e. The van der Waals surface area contributed by atoms with Crippen LogP contribution in [0.4, 0.5) is 0 Å². The molecular formula is C4H8OS2. The summed E-state index contributed by atoms with van der Waals surface area (Å²) in [6.45, 7) is 4.21. The molecule has 0 aromatic carbocycles. The van der Waals surface area contributed by atoms with Crippen molar-refractivity contribution < 1.29 is 5.11 Å². The standard InChI is InChI=1S/C4H8OS2/c1-4(2)6-3(5)7-4/h3,5H,1-2H3. The van der Waals surface area contributed by atoms with E-state index >= 15 is 0 Å². The molecule has 0 aromatic heterocycles. The third-order valence-corrected chi connectivity index (χ3v) is 3.46. The van der Waals surface area contributed by atoms with Crippen molar-refractivity contribution in [2.45, 2.75) is 22.7 Å². The minimum absolute atomic E-state index is 0.157. The molecule has 1 nitrogen and oxygen atoms in total. The van der Waals surface area contributed by atoms with Gasteiger partial charge in [0, 0.05) is 0 Å². The van der Waals surface area contributed by atoms with Gasteiger partial charge < -0.3 is 5.11 Å². The number of aliphatic hydroxyl groups excluding tert-OH is 1. The Kier molecular flexibility index (Phi) is 1.30. The van der Waals surface area contributed by atoms with Crippen LogP contribution >= 0.6 is 23.5 Å². The summed E-state index contributed by atoms with van der Waals surface area (Å²) in [6, 6.07) is 0. The quantitative estimate of drug-likeness (QED) is 0.544. The molecule has 1 fully saturated rings. The summed E-state index contributed by atoms with van der Waals surface area (Å²) in [7, 11) is 0. The molecule has 0 aromatic rings. The molecule has 1 heterocycles. The molecule has 0 unspecified atom stereocenters. The van der Waals surface area contributed by atoms with Gasteiger partial charge in [-0.25, -0.2) is 0 Å². The van der Waals surface area contributed by atoms with Crippen molar-refractivity contribution in [1.29, 1.82) is 0 Å². The molecule has 0 amide bonds. The molecule has 1 aliphatic heterocycles. The van der Waals surface area contributed by atoms with E-state index in [9.17, 15) is 0 Å².